The van der Waals surface area contributed by atoms with Crippen molar-refractivity contribution in [3.05, 3.63) is 0 Å². The normalized spacial score (nSPS) is 21.1. The molecule has 0 unspecified atom stereocenters. The van der Waals surface area contributed by atoms with Gasteiger partial charge in [-0.25, -0.2) is 0 Å². The van der Waals surface area contributed by atoms with E-state index in [1.807, 2.05) is 0 Å². The summed E-state index contributed by atoms with van der Waals surface area (Å²) in [5.41, 5.74) is 0.394. The maximum atomic E-state index is 10.8. The van der Waals surface area contributed by atoms with E-state index in [0.29, 0.717) is 11.3 Å². The Morgan fingerprint density at radius 2 is 1.92 bits per heavy atom. The summed E-state index contributed by atoms with van der Waals surface area (Å²) in [5, 5.41) is 0. The van der Waals surface area contributed by atoms with Crippen LogP contribution in [0.4, 0.5) is 0 Å². The number of aldehydes is 1. The van der Waals surface area contributed by atoms with E-state index >= 15 is 0 Å². The van der Waals surface area contributed by atoms with Crippen LogP contribution in [-0.4, -0.2) is 6.29 Å². The lowest BCUT2D eigenvalue weighted by Crippen LogP contribution is -2.24. The van der Waals surface area contributed by atoms with E-state index in [1.165, 1.54) is 6.29 Å². The first-order valence-electron chi connectivity index (χ1n) is 4.88. The molecule has 1 aliphatic rings. The third kappa shape index (κ3) is 1.88. The lowest BCUT2D eigenvalue weighted by Gasteiger charge is -2.31. The first-order valence-corrected chi connectivity index (χ1v) is 4.88. The maximum Gasteiger partial charge on any atom is 0.126 e. The standard InChI is InChI=1S/C11H20O/c1-9(2)10(3,4)7-11(8-12)5-6-11/h8-9H,5-7H2,1-4H3. The van der Waals surface area contributed by atoms with Gasteiger partial charge in [-0.15, -0.1) is 0 Å². The Morgan fingerprint density at radius 1 is 1.42 bits per heavy atom. The van der Waals surface area contributed by atoms with Gasteiger partial charge in [0, 0.05) is 5.41 Å². The van der Waals surface area contributed by atoms with Gasteiger partial charge in [-0.05, 0) is 30.6 Å². The molecule has 0 amide bonds. The molecule has 0 aromatic carbocycles. The van der Waals surface area contributed by atoms with Gasteiger partial charge in [-0.3, -0.25) is 0 Å². The van der Waals surface area contributed by atoms with E-state index in [1.54, 1.807) is 0 Å². The quantitative estimate of drug-likeness (QED) is 0.590. The molecule has 0 aliphatic heterocycles. The highest BCUT2D eigenvalue weighted by molar-refractivity contribution is 5.63. The maximum absolute atomic E-state index is 10.8. The van der Waals surface area contributed by atoms with E-state index < -0.39 is 0 Å². The number of carbonyl (C=O) groups is 1. The van der Waals surface area contributed by atoms with Gasteiger partial charge < -0.3 is 4.79 Å². The fourth-order valence-corrected chi connectivity index (χ4v) is 1.61. The van der Waals surface area contributed by atoms with Crippen molar-refractivity contribution in [3.63, 3.8) is 0 Å². The van der Waals surface area contributed by atoms with Gasteiger partial charge in [0.05, 0.1) is 0 Å². The fraction of sp³-hybridized carbons (Fsp3) is 0.909. The van der Waals surface area contributed by atoms with Crippen LogP contribution < -0.4 is 0 Å². The van der Waals surface area contributed by atoms with Crippen molar-refractivity contribution >= 4 is 6.29 Å². The summed E-state index contributed by atoms with van der Waals surface area (Å²) in [6.07, 6.45) is 4.48. The van der Waals surface area contributed by atoms with Gasteiger partial charge in [0.1, 0.15) is 6.29 Å². The van der Waals surface area contributed by atoms with Crippen LogP contribution in [0.3, 0.4) is 0 Å². The van der Waals surface area contributed by atoms with E-state index in [9.17, 15) is 4.79 Å². The van der Waals surface area contributed by atoms with Gasteiger partial charge in [0.2, 0.25) is 0 Å². The molecule has 12 heavy (non-hydrogen) atoms. The SMILES string of the molecule is CC(C)C(C)(C)CC1(C=O)CC1. The summed E-state index contributed by atoms with van der Waals surface area (Å²) >= 11 is 0. The lowest BCUT2D eigenvalue weighted by molar-refractivity contribution is -0.113. The molecule has 0 atom stereocenters. The molecule has 1 rings (SSSR count). The predicted molar refractivity (Wildman–Crippen MR) is 51.0 cm³/mol. The molecule has 1 aliphatic carbocycles. The Labute approximate surface area is 75.5 Å². The minimum atomic E-state index is 0.0772. The molecule has 0 aromatic heterocycles. The number of hydrogen-bond acceptors (Lipinski definition) is 1. The second kappa shape index (κ2) is 2.86. The molecule has 1 nitrogen and oxygen atoms in total. The third-order valence-corrected chi connectivity index (χ3v) is 3.51. The average Bonchev–Trinajstić information content (AvgIpc) is 2.68. The highest BCUT2D eigenvalue weighted by Gasteiger charge is 2.46. The minimum absolute atomic E-state index is 0.0772. The minimum Gasteiger partial charge on any atom is -0.303 e. The molecule has 0 bridgehead atoms. The van der Waals surface area contributed by atoms with E-state index in [0.717, 1.165) is 19.3 Å². The largest absolute Gasteiger partial charge is 0.303 e. The topological polar surface area (TPSA) is 17.1 Å². The van der Waals surface area contributed by atoms with Crippen molar-refractivity contribution in [2.24, 2.45) is 16.7 Å². The molecule has 1 heteroatoms. The summed E-state index contributed by atoms with van der Waals surface area (Å²) < 4.78 is 0. The summed E-state index contributed by atoms with van der Waals surface area (Å²) in [5.74, 6) is 0.662. The van der Waals surface area contributed by atoms with E-state index in [4.69, 9.17) is 0 Å². The van der Waals surface area contributed by atoms with Crippen LogP contribution in [-0.2, 0) is 4.79 Å². The molecule has 0 heterocycles. The second-order valence-corrected chi connectivity index (χ2v) is 5.30. The van der Waals surface area contributed by atoms with Crippen molar-refractivity contribution in [2.75, 3.05) is 0 Å². The monoisotopic (exact) mass is 168 g/mol. The summed E-state index contributed by atoms with van der Waals surface area (Å²) in [6.45, 7) is 9.00. The number of hydrogen-bond donors (Lipinski definition) is 0. The number of rotatable bonds is 4. The van der Waals surface area contributed by atoms with Crippen LogP contribution in [0.25, 0.3) is 0 Å². The van der Waals surface area contributed by atoms with Gasteiger partial charge in [0.25, 0.3) is 0 Å². The third-order valence-electron chi connectivity index (χ3n) is 3.51. The molecule has 0 saturated heterocycles. The molecule has 0 N–H and O–H groups in total. The molecule has 1 fully saturated rings. The lowest BCUT2D eigenvalue weighted by atomic mass is 9.73. The zero-order chi connectivity index (χ0) is 9.41. The highest BCUT2D eigenvalue weighted by Crippen LogP contribution is 2.53. The summed E-state index contributed by atoms with van der Waals surface area (Å²) in [4.78, 5) is 10.8. The Morgan fingerprint density at radius 3 is 2.17 bits per heavy atom. The smallest absolute Gasteiger partial charge is 0.126 e. The molecule has 1 saturated carbocycles. The van der Waals surface area contributed by atoms with Crippen LogP contribution in [0.1, 0.15) is 47.0 Å². The van der Waals surface area contributed by atoms with Crippen molar-refractivity contribution in [3.8, 4) is 0 Å². The van der Waals surface area contributed by atoms with E-state index in [-0.39, 0.29) is 5.41 Å². The Kier molecular flexibility index (Phi) is 2.33. The Balaban J connectivity index is 2.55. The Hall–Kier alpha value is -0.330. The molecule has 0 spiro atoms. The first kappa shape index (κ1) is 9.76. The predicted octanol–water partition coefficient (Wildman–Crippen LogP) is 3.04. The van der Waals surface area contributed by atoms with Crippen LogP contribution in [0.15, 0.2) is 0 Å². The second-order valence-electron chi connectivity index (χ2n) is 5.30. The molecular weight excluding hydrogens is 148 g/mol. The van der Waals surface area contributed by atoms with Crippen molar-refractivity contribution in [1.29, 1.82) is 0 Å². The van der Waals surface area contributed by atoms with Crippen molar-refractivity contribution in [2.45, 2.75) is 47.0 Å². The first-order chi connectivity index (χ1) is 5.42. The van der Waals surface area contributed by atoms with Crippen LogP contribution >= 0.6 is 0 Å². The number of carbonyl (C=O) groups excluding carboxylic acids is 1. The highest BCUT2D eigenvalue weighted by atomic mass is 16.1. The average molecular weight is 168 g/mol. The van der Waals surface area contributed by atoms with Crippen LogP contribution in [0.2, 0.25) is 0 Å². The zero-order valence-electron chi connectivity index (χ0n) is 8.68. The molecule has 0 aromatic rings. The van der Waals surface area contributed by atoms with Gasteiger partial charge >= 0.3 is 0 Å². The molecule has 0 radical (unpaired) electrons. The zero-order valence-corrected chi connectivity index (χ0v) is 8.68. The van der Waals surface area contributed by atoms with Gasteiger partial charge in [-0.2, -0.15) is 0 Å². The van der Waals surface area contributed by atoms with Crippen LogP contribution in [0, 0.1) is 16.7 Å². The Bertz CT molecular complexity index is 175. The fourth-order valence-electron chi connectivity index (χ4n) is 1.61. The van der Waals surface area contributed by atoms with Crippen molar-refractivity contribution < 1.29 is 4.79 Å². The summed E-state index contributed by atoms with van der Waals surface area (Å²) in [7, 11) is 0. The summed E-state index contributed by atoms with van der Waals surface area (Å²) in [6, 6.07) is 0. The van der Waals surface area contributed by atoms with E-state index in [2.05, 4.69) is 27.7 Å². The molecular formula is C11H20O. The molecule has 70 valence electrons. The van der Waals surface area contributed by atoms with Gasteiger partial charge in [-0.1, -0.05) is 27.7 Å². The van der Waals surface area contributed by atoms with Crippen LogP contribution in [0.5, 0.6) is 0 Å². The van der Waals surface area contributed by atoms with Crippen molar-refractivity contribution in [1.82, 2.24) is 0 Å². The van der Waals surface area contributed by atoms with Gasteiger partial charge in [0.15, 0.2) is 0 Å².